The molecule has 0 spiro atoms. The Bertz CT molecular complexity index is 653. The molecule has 22 heavy (non-hydrogen) atoms. The smallest absolute Gasteiger partial charge is 0.243 e. The lowest BCUT2D eigenvalue weighted by Crippen LogP contribution is -2.38. The van der Waals surface area contributed by atoms with E-state index in [9.17, 15) is 8.42 Å². The van der Waals surface area contributed by atoms with E-state index in [1.807, 2.05) is 6.92 Å². The molecule has 124 valence electrons. The summed E-state index contributed by atoms with van der Waals surface area (Å²) in [7, 11) is -3.40. The highest BCUT2D eigenvalue weighted by molar-refractivity contribution is 9.10. The van der Waals surface area contributed by atoms with Gasteiger partial charge in [0.15, 0.2) is 0 Å². The monoisotopic (exact) mass is 408 g/mol. The SMILES string of the molecule is Cc1cc(S(=O)(=O)N2CC3CCCC(N)C3C2)ccc1Br.Cl. The summed E-state index contributed by atoms with van der Waals surface area (Å²) in [5.41, 5.74) is 7.12. The summed E-state index contributed by atoms with van der Waals surface area (Å²) in [5, 5.41) is 0. The maximum atomic E-state index is 12.8. The second-order valence-corrected chi connectivity index (χ2v) is 9.04. The Balaban J connectivity index is 0.00000176. The average molecular weight is 410 g/mol. The van der Waals surface area contributed by atoms with E-state index >= 15 is 0 Å². The zero-order valence-electron chi connectivity index (χ0n) is 12.5. The maximum Gasteiger partial charge on any atom is 0.243 e. The van der Waals surface area contributed by atoms with Gasteiger partial charge in [-0.25, -0.2) is 8.42 Å². The van der Waals surface area contributed by atoms with Crippen LogP contribution in [0.2, 0.25) is 0 Å². The molecule has 1 aliphatic heterocycles. The molecule has 2 fully saturated rings. The molecule has 1 saturated carbocycles. The van der Waals surface area contributed by atoms with Gasteiger partial charge in [0.2, 0.25) is 10.0 Å². The summed E-state index contributed by atoms with van der Waals surface area (Å²) >= 11 is 3.41. The second-order valence-electron chi connectivity index (χ2n) is 6.25. The van der Waals surface area contributed by atoms with Gasteiger partial charge in [-0.1, -0.05) is 22.4 Å². The van der Waals surface area contributed by atoms with Crippen molar-refractivity contribution in [1.29, 1.82) is 0 Å². The van der Waals surface area contributed by atoms with Crippen LogP contribution in [0.1, 0.15) is 24.8 Å². The number of nitrogens with two attached hydrogens (primary N) is 1. The normalized spacial score (nSPS) is 29.0. The molecule has 3 unspecified atom stereocenters. The van der Waals surface area contributed by atoms with Gasteiger partial charge in [-0.05, 0) is 55.4 Å². The average Bonchev–Trinajstić information content (AvgIpc) is 2.88. The third kappa shape index (κ3) is 3.22. The van der Waals surface area contributed by atoms with Crippen LogP contribution in [0.5, 0.6) is 0 Å². The topological polar surface area (TPSA) is 63.4 Å². The van der Waals surface area contributed by atoms with Gasteiger partial charge in [0.1, 0.15) is 0 Å². The fraction of sp³-hybridized carbons (Fsp3) is 0.600. The molecular weight excluding hydrogens is 388 g/mol. The Morgan fingerprint density at radius 2 is 2.00 bits per heavy atom. The zero-order valence-corrected chi connectivity index (χ0v) is 15.8. The van der Waals surface area contributed by atoms with Gasteiger partial charge in [-0.3, -0.25) is 0 Å². The molecule has 0 radical (unpaired) electrons. The van der Waals surface area contributed by atoms with E-state index in [0.717, 1.165) is 29.3 Å². The molecule has 1 heterocycles. The number of hydrogen-bond acceptors (Lipinski definition) is 3. The van der Waals surface area contributed by atoms with Crippen LogP contribution in [0.25, 0.3) is 0 Å². The number of rotatable bonds is 2. The summed E-state index contributed by atoms with van der Waals surface area (Å²) < 4.78 is 28.2. The summed E-state index contributed by atoms with van der Waals surface area (Å²) in [4.78, 5) is 0.385. The number of benzene rings is 1. The minimum atomic E-state index is -3.40. The van der Waals surface area contributed by atoms with Crippen molar-refractivity contribution in [1.82, 2.24) is 4.31 Å². The zero-order chi connectivity index (χ0) is 15.2. The standard InChI is InChI=1S/C15H21BrN2O2S.ClH/c1-10-7-12(5-6-14(10)16)21(19,20)18-8-11-3-2-4-15(17)13(11)9-18;/h5-7,11,13,15H,2-4,8-9,17H2,1H3;1H. The van der Waals surface area contributed by atoms with Crippen molar-refractivity contribution in [3.05, 3.63) is 28.2 Å². The molecule has 0 bridgehead atoms. The maximum absolute atomic E-state index is 12.8. The lowest BCUT2D eigenvalue weighted by Gasteiger charge is -2.29. The van der Waals surface area contributed by atoms with Crippen LogP contribution in [-0.4, -0.2) is 31.9 Å². The molecule has 3 rings (SSSR count). The van der Waals surface area contributed by atoms with Gasteiger partial charge in [-0.15, -0.1) is 12.4 Å². The van der Waals surface area contributed by atoms with Crippen molar-refractivity contribution in [2.24, 2.45) is 17.6 Å². The van der Waals surface area contributed by atoms with Crippen molar-refractivity contribution in [3.8, 4) is 0 Å². The third-order valence-electron chi connectivity index (χ3n) is 4.89. The first-order chi connectivity index (χ1) is 9.89. The van der Waals surface area contributed by atoms with Crippen LogP contribution in [0.3, 0.4) is 0 Å². The molecule has 1 aromatic carbocycles. The first-order valence-corrected chi connectivity index (χ1v) is 9.65. The van der Waals surface area contributed by atoms with Gasteiger partial charge < -0.3 is 5.73 Å². The molecular formula is C15H22BrClN2O2S. The highest BCUT2D eigenvalue weighted by Gasteiger charge is 2.43. The minimum absolute atomic E-state index is 0. The van der Waals surface area contributed by atoms with E-state index in [2.05, 4.69) is 15.9 Å². The van der Waals surface area contributed by atoms with Gasteiger partial charge in [-0.2, -0.15) is 4.31 Å². The largest absolute Gasteiger partial charge is 0.327 e. The Hall–Kier alpha value is -0.140. The summed E-state index contributed by atoms with van der Waals surface area (Å²) in [6.07, 6.45) is 3.24. The van der Waals surface area contributed by atoms with Crippen molar-refractivity contribution >= 4 is 38.4 Å². The highest BCUT2D eigenvalue weighted by atomic mass is 79.9. The molecule has 1 saturated heterocycles. The van der Waals surface area contributed by atoms with E-state index in [0.29, 0.717) is 29.8 Å². The van der Waals surface area contributed by atoms with E-state index in [-0.39, 0.29) is 18.4 Å². The summed E-state index contributed by atoms with van der Waals surface area (Å²) in [6, 6.07) is 5.36. The molecule has 1 aliphatic carbocycles. The lowest BCUT2D eigenvalue weighted by atomic mass is 9.78. The number of hydrogen-bond donors (Lipinski definition) is 1. The number of aryl methyl sites for hydroxylation is 1. The van der Waals surface area contributed by atoms with Crippen LogP contribution < -0.4 is 5.73 Å². The van der Waals surface area contributed by atoms with E-state index < -0.39 is 10.0 Å². The van der Waals surface area contributed by atoms with Crippen LogP contribution in [0, 0.1) is 18.8 Å². The first-order valence-electron chi connectivity index (χ1n) is 7.41. The molecule has 4 nitrogen and oxygen atoms in total. The number of fused-ring (bicyclic) bond motifs is 1. The van der Waals surface area contributed by atoms with Crippen LogP contribution in [-0.2, 0) is 10.0 Å². The molecule has 0 amide bonds. The summed E-state index contributed by atoms with van der Waals surface area (Å²) in [5.74, 6) is 0.755. The highest BCUT2D eigenvalue weighted by Crippen LogP contribution is 2.38. The van der Waals surface area contributed by atoms with Gasteiger partial charge in [0.05, 0.1) is 4.90 Å². The number of halogens is 2. The van der Waals surface area contributed by atoms with Crippen molar-refractivity contribution in [2.75, 3.05) is 13.1 Å². The Morgan fingerprint density at radius 3 is 2.64 bits per heavy atom. The first kappa shape index (κ1) is 18.2. The Kier molecular flexibility index (Phi) is 5.60. The number of nitrogens with zero attached hydrogens (tertiary/aromatic N) is 1. The molecule has 2 N–H and O–H groups in total. The number of sulfonamides is 1. The fourth-order valence-corrected chi connectivity index (χ4v) is 5.47. The molecule has 1 aromatic rings. The molecule has 0 aromatic heterocycles. The lowest BCUT2D eigenvalue weighted by molar-refractivity contribution is 0.260. The predicted molar refractivity (Wildman–Crippen MR) is 93.7 cm³/mol. The predicted octanol–water partition coefficient (Wildman–Crippen LogP) is 2.93. The Morgan fingerprint density at radius 1 is 1.27 bits per heavy atom. The van der Waals surface area contributed by atoms with E-state index in [1.54, 1.807) is 22.5 Å². The van der Waals surface area contributed by atoms with Crippen LogP contribution >= 0.6 is 28.3 Å². The minimum Gasteiger partial charge on any atom is -0.327 e. The fourth-order valence-electron chi connectivity index (χ4n) is 3.60. The Labute approximate surface area is 147 Å². The quantitative estimate of drug-likeness (QED) is 0.817. The van der Waals surface area contributed by atoms with Gasteiger partial charge >= 0.3 is 0 Å². The van der Waals surface area contributed by atoms with Crippen LogP contribution in [0.15, 0.2) is 27.6 Å². The van der Waals surface area contributed by atoms with E-state index in [4.69, 9.17) is 5.73 Å². The molecule has 7 heteroatoms. The van der Waals surface area contributed by atoms with Gasteiger partial charge in [0, 0.05) is 23.6 Å². The van der Waals surface area contributed by atoms with Gasteiger partial charge in [0.25, 0.3) is 0 Å². The van der Waals surface area contributed by atoms with Crippen LogP contribution in [0.4, 0.5) is 0 Å². The summed E-state index contributed by atoms with van der Waals surface area (Å²) in [6.45, 7) is 3.10. The van der Waals surface area contributed by atoms with Crippen molar-refractivity contribution in [3.63, 3.8) is 0 Å². The molecule has 2 aliphatic rings. The van der Waals surface area contributed by atoms with Crippen molar-refractivity contribution in [2.45, 2.75) is 37.1 Å². The second kappa shape index (κ2) is 6.77. The van der Waals surface area contributed by atoms with E-state index in [1.165, 1.54) is 0 Å². The third-order valence-corrected chi connectivity index (χ3v) is 7.60. The molecule has 3 atom stereocenters. The van der Waals surface area contributed by atoms with Crippen molar-refractivity contribution < 1.29 is 8.42 Å².